The topological polar surface area (TPSA) is 61.9 Å². The molecule has 1 aromatic rings. The minimum Gasteiger partial charge on any atom is -0.490 e. The Bertz CT molecular complexity index is 582. The summed E-state index contributed by atoms with van der Waals surface area (Å²) in [5.74, 6) is -0.295. The van der Waals surface area contributed by atoms with Crippen LogP contribution in [0.25, 0.3) is 0 Å². The molecule has 1 heterocycles. The van der Waals surface area contributed by atoms with E-state index in [2.05, 4.69) is 5.32 Å². The summed E-state index contributed by atoms with van der Waals surface area (Å²) in [4.78, 5) is 27.4. The molecule has 0 bridgehead atoms. The highest BCUT2D eigenvalue weighted by molar-refractivity contribution is 5.83. The molecule has 0 saturated carbocycles. The van der Waals surface area contributed by atoms with E-state index in [9.17, 15) is 14.0 Å². The van der Waals surface area contributed by atoms with Crippen molar-refractivity contribution >= 4 is 11.8 Å². The van der Waals surface area contributed by atoms with Crippen molar-refractivity contribution < 1.29 is 18.7 Å². The molecule has 1 aromatic carbocycles. The molecule has 2 rings (SSSR count). The Morgan fingerprint density at radius 2 is 2.08 bits per heavy atom. The molecule has 1 N–H and O–H groups in total. The van der Waals surface area contributed by atoms with Gasteiger partial charge in [-0.05, 0) is 25.6 Å². The van der Waals surface area contributed by atoms with E-state index in [4.69, 9.17) is 4.74 Å². The van der Waals surface area contributed by atoms with Crippen LogP contribution in [-0.2, 0) is 9.59 Å². The summed E-state index contributed by atoms with van der Waals surface area (Å²) < 4.78 is 18.7. The number of nitrogens with one attached hydrogen (secondary N) is 1. The summed E-state index contributed by atoms with van der Waals surface area (Å²) in [5, 5.41) is 2.85. The maximum atomic E-state index is 13.4. The number of amides is 2. The monoisotopic (exact) mass is 337 g/mol. The highest BCUT2D eigenvalue weighted by Crippen LogP contribution is 2.15. The number of halogens is 1. The van der Waals surface area contributed by atoms with E-state index in [1.165, 1.54) is 13.0 Å². The molecule has 1 aliphatic heterocycles. The first-order valence-electron chi connectivity index (χ1n) is 8.10. The van der Waals surface area contributed by atoms with Crippen molar-refractivity contribution in [3.8, 4) is 5.75 Å². The molecule has 0 radical (unpaired) electrons. The fourth-order valence-corrected chi connectivity index (χ4v) is 2.59. The number of rotatable bonds is 6. The van der Waals surface area contributed by atoms with Crippen LogP contribution in [0.1, 0.15) is 13.3 Å². The number of likely N-dealkylation sites (N-methyl/N-ethyl adjacent to an activating group) is 1. The van der Waals surface area contributed by atoms with E-state index in [0.29, 0.717) is 39.2 Å². The number of ether oxygens (including phenoxy) is 1. The van der Waals surface area contributed by atoms with Gasteiger partial charge in [-0.15, -0.1) is 0 Å². The van der Waals surface area contributed by atoms with E-state index in [0.717, 1.165) is 0 Å². The molecule has 132 valence electrons. The van der Waals surface area contributed by atoms with Gasteiger partial charge in [0.25, 0.3) is 0 Å². The van der Waals surface area contributed by atoms with Crippen LogP contribution in [0, 0.1) is 5.82 Å². The zero-order valence-corrected chi connectivity index (χ0v) is 14.1. The Morgan fingerprint density at radius 3 is 2.79 bits per heavy atom. The lowest BCUT2D eigenvalue weighted by molar-refractivity contribution is -0.135. The third-order valence-electron chi connectivity index (χ3n) is 4.11. The predicted octanol–water partition coefficient (Wildman–Crippen LogP) is 0.873. The van der Waals surface area contributed by atoms with Gasteiger partial charge in [-0.25, -0.2) is 4.39 Å². The third kappa shape index (κ3) is 4.92. The van der Waals surface area contributed by atoms with Crippen molar-refractivity contribution in [2.45, 2.75) is 19.4 Å². The number of piperazine rings is 1. The van der Waals surface area contributed by atoms with Crippen LogP contribution in [0.4, 0.5) is 4.39 Å². The average molecular weight is 337 g/mol. The molecular formula is C17H24FN3O3. The molecule has 2 amide bonds. The summed E-state index contributed by atoms with van der Waals surface area (Å²) >= 11 is 0. The Balaban J connectivity index is 1.70. The van der Waals surface area contributed by atoms with Crippen molar-refractivity contribution in [2.24, 2.45) is 0 Å². The van der Waals surface area contributed by atoms with Crippen LogP contribution in [0.15, 0.2) is 24.3 Å². The van der Waals surface area contributed by atoms with Crippen molar-refractivity contribution in [2.75, 3.05) is 39.8 Å². The number of hydrogen-bond acceptors (Lipinski definition) is 4. The minimum absolute atomic E-state index is 0.0146. The molecular weight excluding hydrogens is 313 g/mol. The normalized spacial score (nSPS) is 18.3. The summed E-state index contributed by atoms with van der Waals surface area (Å²) in [6, 6.07) is 5.89. The van der Waals surface area contributed by atoms with Crippen LogP contribution in [-0.4, -0.2) is 67.5 Å². The largest absolute Gasteiger partial charge is 0.490 e. The number of benzene rings is 1. The molecule has 1 atom stereocenters. The zero-order chi connectivity index (χ0) is 17.5. The first-order chi connectivity index (χ1) is 11.5. The lowest BCUT2D eigenvalue weighted by atomic mass is 10.1. The van der Waals surface area contributed by atoms with Gasteiger partial charge in [0.2, 0.25) is 11.8 Å². The fourth-order valence-electron chi connectivity index (χ4n) is 2.59. The summed E-state index contributed by atoms with van der Waals surface area (Å²) in [7, 11) is 1.88. The van der Waals surface area contributed by atoms with Gasteiger partial charge in [0, 0.05) is 33.1 Å². The Labute approximate surface area is 141 Å². The standard InChI is InChI=1S/C17H24FN3O3/c1-13(22)21-10-9-20(2)15(12-21)17(23)19-8-5-11-24-16-7-4-3-6-14(16)18/h3-4,6-7,15H,5,8-12H2,1-2H3,(H,19,23). The lowest BCUT2D eigenvalue weighted by Crippen LogP contribution is -2.58. The van der Waals surface area contributed by atoms with E-state index in [1.54, 1.807) is 23.1 Å². The van der Waals surface area contributed by atoms with Gasteiger partial charge >= 0.3 is 0 Å². The van der Waals surface area contributed by atoms with Crippen LogP contribution in [0.2, 0.25) is 0 Å². The zero-order valence-electron chi connectivity index (χ0n) is 14.1. The summed E-state index contributed by atoms with van der Waals surface area (Å²) in [6.45, 7) is 4.00. The molecule has 1 fully saturated rings. The van der Waals surface area contributed by atoms with Gasteiger partial charge in [0.15, 0.2) is 11.6 Å². The van der Waals surface area contributed by atoms with Crippen molar-refractivity contribution in [3.05, 3.63) is 30.1 Å². The smallest absolute Gasteiger partial charge is 0.239 e. The van der Waals surface area contributed by atoms with E-state index in [1.807, 2.05) is 11.9 Å². The van der Waals surface area contributed by atoms with Gasteiger partial charge in [-0.3, -0.25) is 14.5 Å². The van der Waals surface area contributed by atoms with Crippen LogP contribution in [0.5, 0.6) is 5.75 Å². The fraction of sp³-hybridized carbons (Fsp3) is 0.529. The van der Waals surface area contributed by atoms with E-state index in [-0.39, 0.29) is 23.6 Å². The Kier molecular flexibility index (Phi) is 6.54. The summed E-state index contributed by atoms with van der Waals surface area (Å²) in [6.07, 6.45) is 0.576. The van der Waals surface area contributed by atoms with E-state index < -0.39 is 5.82 Å². The molecule has 1 unspecified atom stereocenters. The number of carbonyl (C=O) groups is 2. The molecule has 6 nitrogen and oxygen atoms in total. The maximum Gasteiger partial charge on any atom is 0.239 e. The first-order valence-corrected chi connectivity index (χ1v) is 8.10. The Morgan fingerprint density at radius 1 is 1.33 bits per heavy atom. The Hall–Kier alpha value is -2.15. The van der Waals surface area contributed by atoms with Crippen molar-refractivity contribution in [3.63, 3.8) is 0 Å². The molecule has 0 aliphatic carbocycles. The number of para-hydroxylation sites is 1. The maximum absolute atomic E-state index is 13.4. The van der Waals surface area contributed by atoms with Crippen LogP contribution in [0.3, 0.4) is 0 Å². The third-order valence-corrected chi connectivity index (χ3v) is 4.11. The average Bonchev–Trinajstić information content (AvgIpc) is 2.56. The number of hydrogen-bond donors (Lipinski definition) is 1. The number of carbonyl (C=O) groups excluding carboxylic acids is 2. The molecule has 1 aliphatic rings. The van der Waals surface area contributed by atoms with Gasteiger partial charge in [-0.2, -0.15) is 0 Å². The van der Waals surface area contributed by atoms with E-state index >= 15 is 0 Å². The van der Waals surface area contributed by atoms with Gasteiger partial charge < -0.3 is 15.0 Å². The molecule has 24 heavy (non-hydrogen) atoms. The highest BCUT2D eigenvalue weighted by Gasteiger charge is 2.30. The summed E-state index contributed by atoms with van der Waals surface area (Å²) in [5.41, 5.74) is 0. The van der Waals surface area contributed by atoms with Crippen LogP contribution >= 0.6 is 0 Å². The second-order valence-corrected chi connectivity index (χ2v) is 5.88. The number of nitrogens with zero attached hydrogens (tertiary/aromatic N) is 2. The van der Waals surface area contributed by atoms with Gasteiger partial charge in [0.05, 0.1) is 6.61 Å². The molecule has 7 heteroatoms. The van der Waals surface area contributed by atoms with Crippen molar-refractivity contribution in [1.29, 1.82) is 0 Å². The second-order valence-electron chi connectivity index (χ2n) is 5.88. The highest BCUT2D eigenvalue weighted by atomic mass is 19.1. The molecule has 0 spiro atoms. The van der Waals surface area contributed by atoms with Crippen LogP contribution < -0.4 is 10.1 Å². The van der Waals surface area contributed by atoms with Gasteiger partial charge in [0.1, 0.15) is 6.04 Å². The quantitative estimate of drug-likeness (QED) is 0.783. The van der Waals surface area contributed by atoms with Crippen molar-refractivity contribution in [1.82, 2.24) is 15.1 Å². The predicted molar refractivity (Wildman–Crippen MR) is 88.2 cm³/mol. The molecule has 0 aromatic heterocycles. The SMILES string of the molecule is CC(=O)N1CCN(C)C(C(=O)NCCCOc2ccccc2F)C1. The minimum atomic E-state index is -0.394. The first kappa shape index (κ1) is 18.2. The second kappa shape index (κ2) is 8.63. The van der Waals surface area contributed by atoms with Gasteiger partial charge in [-0.1, -0.05) is 12.1 Å². The lowest BCUT2D eigenvalue weighted by Gasteiger charge is -2.38. The molecule has 1 saturated heterocycles.